The van der Waals surface area contributed by atoms with E-state index in [1.165, 1.54) is 16.7 Å². The fourth-order valence-electron chi connectivity index (χ4n) is 3.49. The summed E-state index contributed by atoms with van der Waals surface area (Å²) in [6, 6.07) is 17.6. The molecule has 0 bridgehead atoms. The van der Waals surface area contributed by atoms with Gasteiger partial charge in [0.2, 0.25) is 0 Å². The van der Waals surface area contributed by atoms with Gasteiger partial charge >= 0.3 is 0 Å². The second-order valence-electron chi connectivity index (χ2n) is 6.79. The predicted molar refractivity (Wildman–Crippen MR) is 106 cm³/mol. The first-order valence-electron chi connectivity index (χ1n) is 9.57. The minimum atomic E-state index is 0.369. The van der Waals surface area contributed by atoms with Crippen molar-refractivity contribution in [1.29, 1.82) is 0 Å². The summed E-state index contributed by atoms with van der Waals surface area (Å²) in [6.07, 6.45) is 0. The van der Waals surface area contributed by atoms with Crippen LogP contribution in [0, 0.1) is 6.92 Å². The van der Waals surface area contributed by atoms with Gasteiger partial charge in [0.25, 0.3) is 0 Å². The van der Waals surface area contributed by atoms with Crippen LogP contribution in [0.2, 0.25) is 0 Å². The maximum Gasteiger partial charge on any atom is 0.119 e. The zero-order chi connectivity index (χ0) is 18.2. The van der Waals surface area contributed by atoms with Crippen LogP contribution >= 0.6 is 0 Å². The third-order valence-electron chi connectivity index (χ3n) is 4.79. The van der Waals surface area contributed by atoms with E-state index in [0.29, 0.717) is 12.6 Å². The predicted octanol–water partition coefficient (Wildman–Crippen LogP) is 3.56. The van der Waals surface area contributed by atoms with E-state index in [-0.39, 0.29) is 0 Å². The van der Waals surface area contributed by atoms with Gasteiger partial charge in [0.15, 0.2) is 0 Å². The van der Waals surface area contributed by atoms with Gasteiger partial charge in [-0.2, -0.15) is 0 Å². The van der Waals surface area contributed by atoms with Crippen molar-refractivity contribution in [2.24, 2.45) is 0 Å². The Morgan fingerprint density at radius 2 is 1.92 bits per heavy atom. The Bertz CT molecular complexity index is 683. The molecule has 0 radical (unpaired) electrons. The van der Waals surface area contributed by atoms with Crippen molar-refractivity contribution in [1.82, 2.24) is 10.2 Å². The van der Waals surface area contributed by atoms with Crippen LogP contribution in [-0.4, -0.2) is 44.4 Å². The first kappa shape index (κ1) is 18.9. The number of rotatable bonds is 8. The maximum absolute atomic E-state index is 5.60. The quantitative estimate of drug-likeness (QED) is 0.786. The molecule has 1 N–H and O–H groups in total. The van der Waals surface area contributed by atoms with Gasteiger partial charge < -0.3 is 14.8 Å². The van der Waals surface area contributed by atoms with Crippen LogP contribution in [0.25, 0.3) is 0 Å². The average molecular weight is 354 g/mol. The van der Waals surface area contributed by atoms with E-state index >= 15 is 0 Å². The average Bonchev–Trinajstić information content (AvgIpc) is 2.66. The second kappa shape index (κ2) is 9.72. The number of ether oxygens (including phenoxy) is 2. The number of nitrogens with zero attached hydrogens (tertiary/aromatic N) is 1. The molecule has 1 unspecified atom stereocenters. The van der Waals surface area contributed by atoms with Crippen molar-refractivity contribution in [3.05, 3.63) is 65.2 Å². The number of nitrogens with one attached hydrogen (secondary N) is 1. The third-order valence-corrected chi connectivity index (χ3v) is 4.79. The topological polar surface area (TPSA) is 33.7 Å². The summed E-state index contributed by atoms with van der Waals surface area (Å²) < 4.78 is 11.1. The summed E-state index contributed by atoms with van der Waals surface area (Å²) in [5.41, 5.74) is 3.94. The Labute approximate surface area is 157 Å². The van der Waals surface area contributed by atoms with Gasteiger partial charge in [0, 0.05) is 32.2 Å². The lowest BCUT2D eigenvalue weighted by atomic mass is 10.0. The van der Waals surface area contributed by atoms with E-state index in [4.69, 9.17) is 9.47 Å². The minimum absolute atomic E-state index is 0.369. The van der Waals surface area contributed by atoms with E-state index in [0.717, 1.165) is 45.1 Å². The summed E-state index contributed by atoms with van der Waals surface area (Å²) >= 11 is 0. The highest BCUT2D eigenvalue weighted by Crippen LogP contribution is 2.22. The number of morpholine rings is 1. The molecule has 2 aromatic rings. The van der Waals surface area contributed by atoms with Crippen LogP contribution in [0.4, 0.5) is 0 Å². The Kier molecular flexibility index (Phi) is 7.06. The zero-order valence-corrected chi connectivity index (χ0v) is 15.9. The molecule has 1 heterocycles. The number of benzene rings is 2. The Hall–Kier alpha value is -1.88. The first-order chi connectivity index (χ1) is 12.8. The lowest BCUT2D eigenvalue weighted by Crippen LogP contribution is -2.42. The van der Waals surface area contributed by atoms with Crippen molar-refractivity contribution in [2.45, 2.75) is 26.4 Å². The first-order valence-corrected chi connectivity index (χ1v) is 9.57. The van der Waals surface area contributed by atoms with Crippen LogP contribution in [-0.2, 0) is 11.3 Å². The van der Waals surface area contributed by atoms with Gasteiger partial charge in [-0.1, -0.05) is 42.0 Å². The van der Waals surface area contributed by atoms with Crippen molar-refractivity contribution in [3.63, 3.8) is 0 Å². The molecule has 1 atom stereocenters. The molecule has 4 nitrogen and oxygen atoms in total. The molecule has 26 heavy (non-hydrogen) atoms. The SMILES string of the molecule is CCOc1cccc(CNCC(c2cccc(C)c2)N2CCOCC2)c1. The number of hydrogen-bond acceptors (Lipinski definition) is 4. The Morgan fingerprint density at radius 1 is 1.12 bits per heavy atom. The van der Waals surface area contributed by atoms with E-state index in [2.05, 4.69) is 59.6 Å². The van der Waals surface area contributed by atoms with Crippen molar-refractivity contribution < 1.29 is 9.47 Å². The van der Waals surface area contributed by atoms with Crippen LogP contribution in [0.3, 0.4) is 0 Å². The highest BCUT2D eigenvalue weighted by Gasteiger charge is 2.22. The third kappa shape index (κ3) is 5.31. The molecule has 1 fully saturated rings. The molecule has 0 aromatic heterocycles. The van der Waals surface area contributed by atoms with Crippen molar-refractivity contribution >= 4 is 0 Å². The Balaban J connectivity index is 1.65. The number of aryl methyl sites for hydroxylation is 1. The Morgan fingerprint density at radius 3 is 2.69 bits per heavy atom. The van der Waals surface area contributed by atoms with Crippen molar-refractivity contribution in [3.8, 4) is 5.75 Å². The molecule has 2 aromatic carbocycles. The molecule has 0 aliphatic carbocycles. The fourth-order valence-corrected chi connectivity index (χ4v) is 3.49. The normalized spacial score (nSPS) is 16.4. The highest BCUT2D eigenvalue weighted by molar-refractivity contribution is 5.29. The highest BCUT2D eigenvalue weighted by atomic mass is 16.5. The van der Waals surface area contributed by atoms with Crippen LogP contribution < -0.4 is 10.1 Å². The molecule has 1 aliphatic rings. The van der Waals surface area contributed by atoms with Crippen LogP contribution in [0.5, 0.6) is 5.75 Å². The second-order valence-corrected chi connectivity index (χ2v) is 6.79. The van der Waals surface area contributed by atoms with Gasteiger partial charge in [-0.3, -0.25) is 4.90 Å². The van der Waals surface area contributed by atoms with E-state index < -0.39 is 0 Å². The molecule has 0 saturated carbocycles. The minimum Gasteiger partial charge on any atom is -0.494 e. The van der Waals surface area contributed by atoms with Crippen molar-refractivity contribution in [2.75, 3.05) is 39.5 Å². The fraction of sp³-hybridized carbons (Fsp3) is 0.455. The molecular weight excluding hydrogens is 324 g/mol. The number of hydrogen-bond donors (Lipinski definition) is 1. The smallest absolute Gasteiger partial charge is 0.119 e. The van der Waals surface area contributed by atoms with Gasteiger partial charge in [0.05, 0.1) is 19.8 Å². The monoisotopic (exact) mass is 354 g/mol. The molecule has 0 amide bonds. The summed E-state index contributed by atoms with van der Waals surface area (Å²) in [5, 5.41) is 3.65. The maximum atomic E-state index is 5.60. The van der Waals surface area contributed by atoms with Crippen LogP contribution in [0.15, 0.2) is 48.5 Å². The summed E-state index contributed by atoms with van der Waals surface area (Å²) in [4.78, 5) is 2.53. The lowest BCUT2D eigenvalue weighted by Gasteiger charge is -2.35. The standard InChI is InChI=1S/C22H30N2O2/c1-3-26-21-9-5-7-19(15-21)16-23-17-22(24-10-12-25-13-11-24)20-8-4-6-18(2)14-20/h4-9,14-15,22-23H,3,10-13,16-17H2,1-2H3. The van der Waals surface area contributed by atoms with Crippen LogP contribution in [0.1, 0.15) is 29.7 Å². The molecule has 1 saturated heterocycles. The molecule has 1 aliphatic heterocycles. The van der Waals surface area contributed by atoms with Gasteiger partial charge in [-0.25, -0.2) is 0 Å². The largest absolute Gasteiger partial charge is 0.494 e. The van der Waals surface area contributed by atoms with Gasteiger partial charge in [0.1, 0.15) is 5.75 Å². The summed E-state index contributed by atoms with van der Waals surface area (Å²) in [6.45, 7) is 10.2. The van der Waals surface area contributed by atoms with E-state index in [9.17, 15) is 0 Å². The zero-order valence-electron chi connectivity index (χ0n) is 15.9. The summed E-state index contributed by atoms with van der Waals surface area (Å²) in [5.74, 6) is 0.940. The lowest BCUT2D eigenvalue weighted by molar-refractivity contribution is 0.0161. The molecule has 0 spiro atoms. The van der Waals surface area contributed by atoms with Gasteiger partial charge in [-0.15, -0.1) is 0 Å². The molecule has 3 rings (SSSR count). The summed E-state index contributed by atoms with van der Waals surface area (Å²) in [7, 11) is 0. The molecular formula is C22H30N2O2. The molecule has 4 heteroatoms. The van der Waals surface area contributed by atoms with Gasteiger partial charge in [-0.05, 0) is 37.1 Å². The van der Waals surface area contributed by atoms with E-state index in [1.807, 2.05) is 13.0 Å². The van der Waals surface area contributed by atoms with E-state index in [1.54, 1.807) is 0 Å². The molecule has 140 valence electrons.